The summed E-state index contributed by atoms with van der Waals surface area (Å²) in [7, 11) is 0. The molecule has 7 nitrogen and oxygen atoms in total. The number of carbonyl (C=O) groups excluding carboxylic acids is 1. The molecule has 0 unspecified atom stereocenters. The molecule has 3 rings (SSSR count). The van der Waals surface area contributed by atoms with E-state index in [1.807, 2.05) is 18.3 Å². The molecule has 2 aromatic rings. The lowest BCUT2D eigenvalue weighted by Crippen LogP contribution is -2.43. The van der Waals surface area contributed by atoms with Gasteiger partial charge in [-0.1, -0.05) is 13.0 Å². The van der Waals surface area contributed by atoms with Gasteiger partial charge in [0.15, 0.2) is 0 Å². The number of carbonyl (C=O) groups is 1. The minimum absolute atomic E-state index is 0.159. The van der Waals surface area contributed by atoms with E-state index < -0.39 is 0 Å². The number of furan rings is 1. The van der Waals surface area contributed by atoms with E-state index in [2.05, 4.69) is 33.5 Å². The van der Waals surface area contributed by atoms with Crippen LogP contribution in [0.2, 0.25) is 0 Å². The van der Waals surface area contributed by atoms with Crippen molar-refractivity contribution in [3.8, 4) is 5.88 Å². The number of ether oxygens (including phenoxy) is 1. The van der Waals surface area contributed by atoms with Gasteiger partial charge >= 0.3 is 6.03 Å². The van der Waals surface area contributed by atoms with Gasteiger partial charge < -0.3 is 19.8 Å². The summed E-state index contributed by atoms with van der Waals surface area (Å²) in [6.45, 7) is 5.78. The van der Waals surface area contributed by atoms with Gasteiger partial charge in [-0.25, -0.2) is 9.78 Å². The number of likely N-dealkylation sites (tertiary alicyclic amines) is 1. The number of aromatic nitrogens is 1. The molecule has 1 saturated heterocycles. The first-order chi connectivity index (χ1) is 12.7. The van der Waals surface area contributed by atoms with Gasteiger partial charge in [0.05, 0.1) is 19.4 Å². The summed E-state index contributed by atoms with van der Waals surface area (Å²) in [5.41, 5.74) is 1.15. The normalized spacial score (nSPS) is 17.2. The van der Waals surface area contributed by atoms with Crippen LogP contribution in [0.3, 0.4) is 0 Å². The van der Waals surface area contributed by atoms with Crippen LogP contribution in [-0.2, 0) is 13.1 Å². The molecule has 1 atom stereocenters. The molecule has 0 aliphatic carbocycles. The van der Waals surface area contributed by atoms with Crippen LogP contribution in [0.4, 0.5) is 4.79 Å². The molecule has 0 radical (unpaired) electrons. The quantitative estimate of drug-likeness (QED) is 0.758. The van der Waals surface area contributed by atoms with E-state index in [0.29, 0.717) is 19.0 Å². The molecule has 0 saturated carbocycles. The average Bonchev–Trinajstić information content (AvgIpc) is 3.31. The first kappa shape index (κ1) is 18.3. The predicted octanol–water partition coefficient (Wildman–Crippen LogP) is 2.54. The molecule has 1 fully saturated rings. The van der Waals surface area contributed by atoms with Crippen LogP contribution in [0.5, 0.6) is 5.88 Å². The van der Waals surface area contributed by atoms with Crippen LogP contribution >= 0.6 is 0 Å². The minimum Gasteiger partial charge on any atom is -0.478 e. The van der Waals surface area contributed by atoms with Crippen LogP contribution in [0.1, 0.15) is 31.1 Å². The molecule has 1 aliphatic rings. The summed E-state index contributed by atoms with van der Waals surface area (Å²) in [5.74, 6) is 1.41. The van der Waals surface area contributed by atoms with Crippen molar-refractivity contribution >= 4 is 6.03 Å². The number of rotatable bonds is 8. The SMILES string of the molecule is CCCOc1ccc(CN2CC[C@@H](NC(=O)NCc3ccco3)C2)cn1. The predicted molar refractivity (Wildman–Crippen MR) is 97.8 cm³/mol. The number of nitrogens with zero attached hydrogens (tertiary/aromatic N) is 2. The molecule has 1 aliphatic heterocycles. The Hall–Kier alpha value is -2.54. The third-order valence-corrected chi connectivity index (χ3v) is 4.27. The van der Waals surface area contributed by atoms with Gasteiger partial charge in [0.1, 0.15) is 5.76 Å². The molecule has 3 heterocycles. The van der Waals surface area contributed by atoms with Crippen LogP contribution in [-0.4, -0.2) is 41.7 Å². The summed E-state index contributed by atoms with van der Waals surface area (Å²) >= 11 is 0. The van der Waals surface area contributed by atoms with E-state index in [4.69, 9.17) is 9.15 Å². The Bertz CT molecular complexity index is 673. The zero-order valence-corrected chi connectivity index (χ0v) is 15.1. The van der Waals surface area contributed by atoms with E-state index >= 15 is 0 Å². The first-order valence-electron chi connectivity index (χ1n) is 9.09. The Morgan fingerprint density at radius 2 is 2.35 bits per heavy atom. The fourth-order valence-corrected chi connectivity index (χ4v) is 2.97. The Labute approximate surface area is 153 Å². The lowest BCUT2D eigenvalue weighted by molar-refractivity contribution is 0.234. The molecule has 2 aromatic heterocycles. The van der Waals surface area contributed by atoms with Crippen LogP contribution in [0.25, 0.3) is 0 Å². The number of hydrogen-bond donors (Lipinski definition) is 2. The largest absolute Gasteiger partial charge is 0.478 e. The van der Waals surface area contributed by atoms with E-state index in [9.17, 15) is 4.79 Å². The van der Waals surface area contributed by atoms with Crippen LogP contribution in [0.15, 0.2) is 41.1 Å². The second kappa shape index (κ2) is 9.24. The van der Waals surface area contributed by atoms with E-state index in [1.54, 1.807) is 12.3 Å². The standard InChI is InChI=1S/C19H26N4O3/c1-2-9-26-18-6-5-15(11-20-18)13-23-8-7-16(14-23)22-19(24)21-12-17-4-3-10-25-17/h3-6,10-11,16H,2,7-9,12-14H2,1H3,(H2,21,22,24)/t16-/m1/s1. The molecule has 7 heteroatoms. The second-order valence-electron chi connectivity index (χ2n) is 6.48. The van der Waals surface area contributed by atoms with Gasteiger partial charge in [-0.05, 0) is 30.5 Å². The fraction of sp³-hybridized carbons (Fsp3) is 0.474. The molecule has 0 bridgehead atoms. The van der Waals surface area contributed by atoms with Crippen LogP contribution < -0.4 is 15.4 Å². The van der Waals surface area contributed by atoms with Gasteiger partial charge in [0.2, 0.25) is 5.88 Å². The van der Waals surface area contributed by atoms with Crippen molar-refractivity contribution in [2.24, 2.45) is 0 Å². The summed E-state index contributed by atoms with van der Waals surface area (Å²) in [5, 5.41) is 5.83. The first-order valence-corrected chi connectivity index (χ1v) is 9.09. The molecule has 2 amide bonds. The Balaban J connectivity index is 1.38. The van der Waals surface area contributed by atoms with Crippen molar-refractivity contribution < 1.29 is 13.9 Å². The minimum atomic E-state index is -0.160. The summed E-state index contributed by atoms with van der Waals surface area (Å²) in [6, 6.07) is 7.61. The maximum Gasteiger partial charge on any atom is 0.315 e. The number of amides is 2. The van der Waals surface area contributed by atoms with Crippen molar-refractivity contribution in [1.29, 1.82) is 0 Å². The third-order valence-electron chi connectivity index (χ3n) is 4.27. The Kier molecular flexibility index (Phi) is 6.49. The number of nitrogens with one attached hydrogen (secondary N) is 2. The second-order valence-corrected chi connectivity index (χ2v) is 6.48. The molecule has 0 spiro atoms. The lowest BCUT2D eigenvalue weighted by atomic mass is 10.2. The van der Waals surface area contributed by atoms with Crippen molar-refractivity contribution in [1.82, 2.24) is 20.5 Å². The highest BCUT2D eigenvalue weighted by Gasteiger charge is 2.23. The molecule has 2 N–H and O–H groups in total. The lowest BCUT2D eigenvalue weighted by Gasteiger charge is -2.17. The average molecular weight is 358 g/mol. The van der Waals surface area contributed by atoms with Crippen molar-refractivity contribution in [3.63, 3.8) is 0 Å². The van der Waals surface area contributed by atoms with E-state index in [0.717, 1.165) is 43.8 Å². The van der Waals surface area contributed by atoms with Gasteiger partial charge in [-0.3, -0.25) is 4.90 Å². The monoisotopic (exact) mass is 358 g/mol. The highest BCUT2D eigenvalue weighted by atomic mass is 16.5. The van der Waals surface area contributed by atoms with E-state index in [1.165, 1.54) is 0 Å². The molecular weight excluding hydrogens is 332 g/mol. The fourth-order valence-electron chi connectivity index (χ4n) is 2.97. The highest BCUT2D eigenvalue weighted by molar-refractivity contribution is 5.74. The maximum atomic E-state index is 12.0. The van der Waals surface area contributed by atoms with Crippen LogP contribution in [0, 0.1) is 0 Å². The summed E-state index contributed by atoms with van der Waals surface area (Å²) < 4.78 is 10.7. The van der Waals surface area contributed by atoms with Crippen molar-refractivity contribution in [3.05, 3.63) is 48.0 Å². The maximum absolute atomic E-state index is 12.0. The number of pyridine rings is 1. The van der Waals surface area contributed by atoms with Gasteiger partial charge in [0.25, 0.3) is 0 Å². The summed E-state index contributed by atoms with van der Waals surface area (Å²) in [4.78, 5) is 18.6. The molecule has 0 aromatic carbocycles. The van der Waals surface area contributed by atoms with Gasteiger partial charge in [0, 0.05) is 37.9 Å². The topological polar surface area (TPSA) is 79.6 Å². The molecular formula is C19H26N4O3. The molecule has 26 heavy (non-hydrogen) atoms. The zero-order valence-electron chi connectivity index (χ0n) is 15.1. The molecule has 140 valence electrons. The highest BCUT2D eigenvalue weighted by Crippen LogP contribution is 2.15. The van der Waals surface area contributed by atoms with Crippen molar-refractivity contribution in [2.45, 2.75) is 38.9 Å². The van der Waals surface area contributed by atoms with E-state index in [-0.39, 0.29) is 12.1 Å². The van der Waals surface area contributed by atoms with Crippen molar-refractivity contribution in [2.75, 3.05) is 19.7 Å². The summed E-state index contributed by atoms with van der Waals surface area (Å²) in [6.07, 6.45) is 5.38. The van der Waals surface area contributed by atoms with Gasteiger partial charge in [-0.15, -0.1) is 0 Å². The Morgan fingerprint density at radius 1 is 1.42 bits per heavy atom. The smallest absolute Gasteiger partial charge is 0.315 e. The Morgan fingerprint density at radius 3 is 3.08 bits per heavy atom. The number of hydrogen-bond acceptors (Lipinski definition) is 5. The zero-order chi connectivity index (χ0) is 18.2. The number of urea groups is 1. The third kappa shape index (κ3) is 5.49. The van der Waals surface area contributed by atoms with Gasteiger partial charge in [-0.2, -0.15) is 0 Å².